The zero-order valence-electron chi connectivity index (χ0n) is 11.6. The molecule has 1 aromatic carbocycles. The highest BCUT2D eigenvalue weighted by molar-refractivity contribution is 5.95. The minimum Gasteiger partial charge on any atom is -0.480 e. The van der Waals surface area contributed by atoms with Gasteiger partial charge in [0.25, 0.3) is 0 Å². The normalized spacial score (nSPS) is 15.3. The van der Waals surface area contributed by atoms with Crippen LogP contribution in [-0.2, 0) is 11.2 Å². The Morgan fingerprint density at radius 3 is 2.85 bits per heavy atom. The van der Waals surface area contributed by atoms with E-state index in [1.165, 1.54) is 0 Å². The molecule has 20 heavy (non-hydrogen) atoms. The molecule has 1 aromatic rings. The molecule has 1 heterocycles. The van der Waals surface area contributed by atoms with E-state index in [-0.39, 0.29) is 6.03 Å². The van der Waals surface area contributed by atoms with E-state index in [0.717, 1.165) is 24.1 Å². The summed E-state index contributed by atoms with van der Waals surface area (Å²) >= 11 is 0. The van der Waals surface area contributed by atoms with Gasteiger partial charge in [-0.1, -0.05) is 31.5 Å². The van der Waals surface area contributed by atoms with Crippen molar-refractivity contribution in [3.63, 3.8) is 0 Å². The summed E-state index contributed by atoms with van der Waals surface area (Å²) in [5.41, 5.74) is 2.02. The van der Waals surface area contributed by atoms with Gasteiger partial charge in [-0.3, -0.25) is 4.90 Å². The molecule has 1 aliphatic rings. The number of nitrogens with one attached hydrogen (secondary N) is 1. The number of aliphatic carboxylic acids is 1. The van der Waals surface area contributed by atoms with Crippen LogP contribution in [0.15, 0.2) is 24.3 Å². The zero-order valence-corrected chi connectivity index (χ0v) is 11.6. The SMILES string of the molecule is CCC[C@H](NC(=O)N1CCCc2ccccc21)C(=O)O. The largest absolute Gasteiger partial charge is 0.480 e. The summed E-state index contributed by atoms with van der Waals surface area (Å²) in [5, 5.41) is 11.7. The molecule has 0 unspecified atom stereocenters. The van der Waals surface area contributed by atoms with Crippen molar-refractivity contribution in [1.29, 1.82) is 0 Å². The Bertz CT molecular complexity index is 502. The summed E-state index contributed by atoms with van der Waals surface area (Å²) in [6.07, 6.45) is 3.01. The fourth-order valence-corrected chi connectivity index (χ4v) is 2.52. The maximum Gasteiger partial charge on any atom is 0.326 e. The number of benzene rings is 1. The Balaban J connectivity index is 2.12. The summed E-state index contributed by atoms with van der Waals surface area (Å²) in [4.78, 5) is 25.1. The van der Waals surface area contributed by atoms with Crippen LogP contribution >= 0.6 is 0 Å². The third kappa shape index (κ3) is 3.10. The number of rotatable bonds is 4. The highest BCUT2D eigenvalue weighted by atomic mass is 16.4. The topological polar surface area (TPSA) is 69.6 Å². The number of nitrogens with zero attached hydrogens (tertiary/aromatic N) is 1. The van der Waals surface area contributed by atoms with Crippen LogP contribution in [0.3, 0.4) is 0 Å². The van der Waals surface area contributed by atoms with Gasteiger partial charge in [-0.25, -0.2) is 9.59 Å². The molecule has 0 saturated heterocycles. The van der Waals surface area contributed by atoms with Crippen LogP contribution in [0.5, 0.6) is 0 Å². The zero-order chi connectivity index (χ0) is 14.5. The molecule has 2 rings (SSSR count). The molecule has 5 heteroatoms. The first-order chi connectivity index (χ1) is 9.63. The van der Waals surface area contributed by atoms with Gasteiger partial charge in [0.1, 0.15) is 6.04 Å². The van der Waals surface area contributed by atoms with E-state index in [1.807, 2.05) is 31.2 Å². The number of carbonyl (C=O) groups is 2. The number of hydrogen-bond donors (Lipinski definition) is 2. The van der Waals surface area contributed by atoms with Crippen molar-refractivity contribution in [2.75, 3.05) is 11.4 Å². The summed E-state index contributed by atoms with van der Waals surface area (Å²) < 4.78 is 0. The molecule has 0 aliphatic carbocycles. The number of anilines is 1. The van der Waals surface area contributed by atoms with Crippen LogP contribution in [0.25, 0.3) is 0 Å². The summed E-state index contributed by atoms with van der Waals surface area (Å²) in [5.74, 6) is -0.981. The van der Waals surface area contributed by atoms with Crippen molar-refractivity contribution in [3.8, 4) is 0 Å². The van der Waals surface area contributed by atoms with E-state index in [4.69, 9.17) is 5.11 Å². The Morgan fingerprint density at radius 1 is 1.40 bits per heavy atom. The molecule has 2 amide bonds. The lowest BCUT2D eigenvalue weighted by atomic mass is 10.0. The fourth-order valence-electron chi connectivity index (χ4n) is 2.52. The molecular weight excluding hydrogens is 256 g/mol. The number of fused-ring (bicyclic) bond motifs is 1. The molecule has 0 aromatic heterocycles. The monoisotopic (exact) mass is 276 g/mol. The van der Waals surface area contributed by atoms with Crippen molar-refractivity contribution < 1.29 is 14.7 Å². The van der Waals surface area contributed by atoms with Gasteiger partial charge >= 0.3 is 12.0 Å². The predicted octanol–water partition coefficient (Wildman–Crippen LogP) is 2.40. The van der Waals surface area contributed by atoms with E-state index in [2.05, 4.69) is 5.32 Å². The predicted molar refractivity (Wildman–Crippen MR) is 77.0 cm³/mol. The summed E-state index contributed by atoms with van der Waals surface area (Å²) in [6, 6.07) is 6.63. The lowest BCUT2D eigenvalue weighted by Gasteiger charge is -2.30. The molecule has 0 radical (unpaired) electrons. The third-order valence-electron chi connectivity index (χ3n) is 3.53. The quantitative estimate of drug-likeness (QED) is 0.887. The Hall–Kier alpha value is -2.04. The van der Waals surface area contributed by atoms with Gasteiger partial charge in [-0.2, -0.15) is 0 Å². The Labute approximate surface area is 118 Å². The van der Waals surface area contributed by atoms with Crippen LogP contribution in [-0.4, -0.2) is 29.7 Å². The molecule has 108 valence electrons. The second-order valence-corrected chi connectivity index (χ2v) is 5.01. The van der Waals surface area contributed by atoms with Gasteiger partial charge in [0, 0.05) is 12.2 Å². The number of carboxylic acid groups (broad SMARTS) is 1. The lowest BCUT2D eigenvalue weighted by molar-refractivity contribution is -0.139. The van der Waals surface area contributed by atoms with E-state index in [9.17, 15) is 9.59 Å². The molecule has 0 saturated carbocycles. The van der Waals surface area contributed by atoms with Crippen LogP contribution in [0.1, 0.15) is 31.7 Å². The highest BCUT2D eigenvalue weighted by Gasteiger charge is 2.26. The van der Waals surface area contributed by atoms with Gasteiger partial charge in [-0.15, -0.1) is 0 Å². The maximum absolute atomic E-state index is 12.3. The molecule has 1 atom stereocenters. The molecule has 0 spiro atoms. The lowest BCUT2D eigenvalue weighted by Crippen LogP contribution is -2.49. The second-order valence-electron chi connectivity index (χ2n) is 5.01. The maximum atomic E-state index is 12.3. The van der Waals surface area contributed by atoms with Crippen molar-refractivity contribution >= 4 is 17.7 Å². The molecule has 5 nitrogen and oxygen atoms in total. The first kappa shape index (κ1) is 14.4. The standard InChI is InChI=1S/C15H20N2O3/c1-2-6-12(14(18)19)16-15(20)17-10-5-8-11-7-3-4-9-13(11)17/h3-4,7,9,12H,2,5-6,8,10H2,1H3,(H,16,20)(H,18,19)/t12-/m0/s1. The molecular formula is C15H20N2O3. The number of aryl methyl sites for hydroxylation is 1. The van der Waals surface area contributed by atoms with Gasteiger partial charge < -0.3 is 10.4 Å². The number of urea groups is 1. The van der Waals surface area contributed by atoms with Crippen molar-refractivity contribution in [1.82, 2.24) is 5.32 Å². The van der Waals surface area contributed by atoms with Gasteiger partial charge in [0.05, 0.1) is 0 Å². The van der Waals surface area contributed by atoms with E-state index >= 15 is 0 Å². The van der Waals surface area contributed by atoms with Crippen LogP contribution in [0, 0.1) is 0 Å². The van der Waals surface area contributed by atoms with Crippen LogP contribution in [0.2, 0.25) is 0 Å². The molecule has 0 bridgehead atoms. The second kappa shape index (κ2) is 6.41. The van der Waals surface area contributed by atoms with Gasteiger partial charge in [0.15, 0.2) is 0 Å². The number of carboxylic acids is 1. The number of hydrogen-bond acceptors (Lipinski definition) is 2. The van der Waals surface area contributed by atoms with Gasteiger partial charge in [0.2, 0.25) is 0 Å². The van der Waals surface area contributed by atoms with Crippen molar-refractivity contribution in [2.45, 2.75) is 38.6 Å². The van der Waals surface area contributed by atoms with Crippen LogP contribution in [0.4, 0.5) is 10.5 Å². The van der Waals surface area contributed by atoms with E-state index in [0.29, 0.717) is 19.4 Å². The highest BCUT2D eigenvalue weighted by Crippen LogP contribution is 2.26. The number of amides is 2. The van der Waals surface area contributed by atoms with Gasteiger partial charge in [-0.05, 0) is 30.9 Å². The van der Waals surface area contributed by atoms with E-state index in [1.54, 1.807) is 4.90 Å². The number of para-hydroxylation sites is 1. The summed E-state index contributed by atoms with van der Waals surface area (Å²) in [7, 11) is 0. The van der Waals surface area contributed by atoms with Crippen LogP contribution < -0.4 is 10.2 Å². The molecule has 1 aliphatic heterocycles. The minimum atomic E-state index is -0.981. The minimum absolute atomic E-state index is 0.321. The first-order valence-electron chi connectivity index (χ1n) is 7.02. The Kier molecular flexibility index (Phi) is 4.61. The summed E-state index contributed by atoms with van der Waals surface area (Å²) in [6.45, 7) is 2.53. The fraction of sp³-hybridized carbons (Fsp3) is 0.467. The molecule has 2 N–H and O–H groups in total. The Morgan fingerprint density at radius 2 is 2.15 bits per heavy atom. The third-order valence-corrected chi connectivity index (χ3v) is 3.53. The number of carbonyl (C=O) groups excluding carboxylic acids is 1. The molecule has 0 fully saturated rings. The van der Waals surface area contributed by atoms with Crippen molar-refractivity contribution in [2.24, 2.45) is 0 Å². The van der Waals surface area contributed by atoms with Crippen molar-refractivity contribution in [3.05, 3.63) is 29.8 Å². The average Bonchev–Trinajstić information content (AvgIpc) is 2.46. The van der Waals surface area contributed by atoms with E-state index < -0.39 is 12.0 Å². The smallest absolute Gasteiger partial charge is 0.326 e. The first-order valence-corrected chi connectivity index (χ1v) is 7.02. The average molecular weight is 276 g/mol.